The third-order valence-electron chi connectivity index (χ3n) is 5.17. The third kappa shape index (κ3) is 5.62. The van der Waals surface area contributed by atoms with E-state index < -0.39 is 0 Å². The van der Waals surface area contributed by atoms with E-state index in [4.69, 9.17) is 0 Å². The van der Waals surface area contributed by atoms with Crippen LogP contribution in [0.2, 0.25) is 0 Å². The molecule has 6 nitrogen and oxygen atoms in total. The second kappa shape index (κ2) is 8.85. The summed E-state index contributed by atoms with van der Waals surface area (Å²) in [6.45, 7) is 2.17. The Balaban J connectivity index is 0.00000192. The molecule has 2 aliphatic heterocycles. The van der Waals surface area contributed by atoms with Gasteiger partial charge in [-0.05, 0) is 32.1 Å². The van der Waals surface area contributed by atoms with Gasteiger partial charge in [0, 0.05) is 31.2 Å². The number of carbonyl (C=O) groups is 2. The van der Waals surface area contributed by atoms with Gasteiger partial charge in [-0.2, -0.15) is 0 Å². The van der Waals surface area contributed by atoms with E-state index in [9.17, 15) is 9.59 Å². The van der Waals surface area contributed by atoms with Crippen molar-refractivity contribution in [1.29, 1.82) is 0 Å². The fourth-order valence-corrected chi connectivity index (χ4v) is 4.00. The molecule has 2 atom stereocenters. The molecule has 2 unspecified atom stereocenters. The Morgan fingerprint density at radius 2 is 1.74 bits per heavy atom. The van der Waals surface area contributed by atoms with Gasteiger partial charge in [0.15, 0.2) is 0 Å². The molecular formula is C16H29ClN4O2. The van der Waals surface area contributed by atoms with E-state index in [1.54, 1.807) is 0 Å². The fourth-order valence-electron chi connectivity index (χ4n) is 4.00. The van der Waals surface area contributed by atoms with Gasteiger partial charge in [-0.15, -0.1) is 12.4 Å². The number of imide groups is 1. The Hall–Kier alpha value is -0.850. The Kier molecular flexibility index (Phi) is 7.11. The molecular weight excluding hydrogens is 316 g/mol. The highest BCUT2D eigenvalue weighted by molar-refractivity contribution is 5.95. The highest BCUT2D eigenvalue weighted by atomic mass is 35.5. The lowest BCUT2D eigenvalue weighted by atomic mass is 9.96. The minimum absolute atomic E-state index is 0. The van der Waals surface area contributed by atoms with Crippen molar-refractivity contribution < 1.29 is 9.59 Å². The summed E-state index contributed by atoms with van der Waals surface area (Å²) in [6, 6.07) is 1.04. The molecule has 1 saturated carbocycles. The summed E-state index contributed by atoms with van der Waals surface area (Å²) >= 11 is 0. The lowest BCUT2D eigenvalue weighted by Gasteiger charge is -2.24. The van der Waals surface area contributed by atoms with Crippen LogP contribution in [0.1, 0.15) is 51.4 Å². The number of likely N-dealkylation sites (tertiary alicyclic amines) is 1. The zero-order valence-corrected chi connectivity index (χ0v) is 14.5. The second-order valence-corrected chi connectivity index (χ2v) is 7.02. The van der Waals surface area contributed by atoms with Crippen molar-refractivity contribution in [2.75, 3.05) is 19.6 Å². The molecule has 132 valence electrons. The van der Waals surface area contributed by atoms with Crippen LogP contribution < -0.4 is 16.0 Å². The summed E-state index contributed by atoms with van der Waals surface area (Å²) in [5.74, 6) is -0.189. The van der Waals surface area contributed by atoms with Gasteiger partial charge in [0.25, 0.3) is 0 Å². The molecule has 1 aliphatic carbocycles. The molecule has 2 saturated heterocycles. The third-order valence-corrected chi connectivity index (χ3v) is 5.17. The van der Waals surface area contributed by atoms with E-state index in [0.717, 1.165) is 32.4 Å². The molecule has 2 bridgehead atoms. The van der Waals surface area contributed by atoms with E-state index in [1.807, 2.05) is 0 Å². The predicted octanol–water partition coefficient (Wildman–Crippen LogP) is 1.39. The number of nitrogens with one attached hydrogen (secondary N) is 3. The van der Waals surface area contributed by atoms with Crippen LogP contribution in [0.4, 0.5) is 4.79 Å². The molecule has 2 heterocycles. The van der Waals surface area contributed by atoms with Gasteiger partial charge < -0.3 is 10.6 Å². The first-order chi connectivity index (χ1) is 10.7. The first kappa shape index (κ1) is 18.5. The van der Waals surface area contributed by atoms with Crippen LogP contribution in [-0.4, -0.2) is 54.6 Å². The van der Waals surface area contributed by atoms with Gasteiger partial charge in [0.1, 0.15) is 0 Å². The van der Waals surface area contributed by atoms with Crippen molar-refractivity contribution >= 4 is 24.3 Å². The van der Waals surface area contributed by atoms with Crippen molar-refractivity contribution in [2.45, 2.75) is 69.5 Å². The average Bonchev–Trinajstić information content (AvgIpc) is 2.82. The Labute approximate surface area is 144 Å². The molecule has 0 aromatic carbocycles. The summed E-state index contributed by atoms with van der Waals surface area (Å²) < 4.78 is 0. The maximum absolute atomic E-state index is 12.0. The lowest BCUT2D eigenvalue weighted by Crippen LogP contribution is -2.48. The fraction of sp³-hybridized carbons (Fsp3) is 0.875. The van der Waals surface area contributed by atoms with E-state index >= 15 is 0 Å². The van der Waals surface area contributed by atoms with E-state index in [0.29, 0.717) is 18.6 Å². The Morgan fingerprint density at radius 1 is 1.00 bits per heavy atom. The zero-order valence-electron chi connectivity index (χ0n) is 13.7. The van der Waals surface area contributed by atoms with E-state index in [1.165, 1.54) is 32.1 Å². The highest BCUT2D eigenvalue weighted by Crippen LogP contribution is 2.20. The molecule has 0 aromatic rings. The van der Waals surface area contributed by atoms with Gasteiger partial charge in [-0.3, -0.25) is 15.0 Å². The van der Waals surface area contributed by atoms with Crippen LogP contribution in [0, 0.1) is 0 Å². The number of nitrogens with zero attached hydrogens (tertiary/aromatic N) is 1. The molecule has 3 rings (SSSR count). The largest absolute Gasteiger partial charge is 0.335 e. The summed E-state index contributed by atoms with van der Waals surface area (Å²) in [7, 11) is 0. The van der Waals surface area contributed by atoms with Crippen LogP contribution in [0.3, 0.4) is 0 Å². The van der Waals surface area contributed by atoms with E-state index in [2.05, 4.69) is 20.9 Å². The number of hydrogen-bond donors (Lipinski definition) is 3. The van der Waals surface area contributed by atoms with Crippen molar-refractivity contribution in [3.05, 3.63) is 0 Å². The summed E-state index contributed by atoms with van der Waals surface area (Å²) in [6.07, 6.45) is 9.21. The maximum atomic E-state index is 12.0. The minimum Gasteiger partial charge on any atom is -0.335 e. The van der Waals surface area contributed by atoms with Crippen LogP contribution in [0.5, 0.6) is 0 Å². The molecule has 23 heavy (non-hydrogen) atoms. The smallest absolute Gasteiger partial charge is 0.321 e. The molecule has 3 N–H and O–H groups in total. The summed E-state index contributed by atoms with van der Waals surface area (Å²) in [5.41, 5.74) is 0. The van der Waals surface area contributed by atoms with E-state index in [-0.39, 0.29) is 30.4 Å². The lowest BCUT2D eigenvalue weighted by molar-refractivity contribution is -0.121. The van der Waals surface area contributed by atoms with Gasteiger partial charge in [0.2, 0.25) is 5.91 Å². The van der Waals surface area contributed by atoms with Crippen LogP contribution in [-0.2, 0) is 4.79 Å². The number of rotatable bonds is 3. The minimum atomic E-state index is -0.327. The zero-order chi connectivity index (χ0) is 15.4. The Bertz CT molecular complexity index is 415. The van der Waals surface area contributed by atoms with Crippen molar-refractivity contribution in [3.63, 3.8) is 0 Å². The molecule has 0 radical (unpaired) electrons. The SMILES string of the molecule is Cl.O=C(CN1CCC2CCC(C1)N2)NC(=O)NC1CCCCC1. The number of urea groups is 1. The number of amides is 3. The molecule has 3 amide bonds. The first-order valence-corrected chi connectivity index (χ1v) is 8.78. The Morgan fingerprint density at radius 3 is 2.52 bits per heavy atom. The van der Waals surface area contributed by atoms with Gasteiger partial charge in [-0.1, -0.05) is 19.3 Å². The number of carbonyl (C=O) groups excluding carboxylic acids is 2. The van der Waals surface area contributed by atoms with Crippen molar-refractivity contribution in [1.82, 2.24) is 20.9 Å². The number of fused-ring (bicyclic) bond motifs is 2. The van der Waals surface area contributed by atoms with Gasteiger partial charge in [0.05, 0.1) is 6.54 Å². The molecule has 3 fully saturated rings. The normalized spacial score (nSPS) is 28.5. The second-order valence-electron chi connectivity index (χ2n) is 7.02. The van der Waals surface area contributed by atoms with Crippen molar-refractivity contribution in [3.8, 4) is 0 Å². The summed E-state index contributed by atoms with van der Waals surface area (Å²) in [4.78, 5) is 26.1. The molecule has 7 heteroatoms. The number of hydrogen-bond acceptors (Lipinski definition) is 4. The highest BCUT2D eigenvalue weighted by Gasteiger charge is 2.30. The topological polar surface area (TPSA) is 73.5 Å². The number of halogens is 1. The molecule has 0 spiro atoms. The van der Waals surface area contributed by atoms with Crippen LogP contribution >= 0.6 is 12.4 Å². The summed E-state index contributed by atoms with van der Waals surface area (Å²) in [5, 5.41) is 9.01. The van der Waals surface area contributed by atoms with Crippen LogP contribution in [0.25, 0.3) is 0 Å². The molecule has 0 aromatic heterocycles. The molecule has 3 aliphatic rings. The first-order valence-electron chi connectivity index (χ1n) is 8.78. The average molecular weight is 345 g/mol. The van der Waals surface area contributed by atoms with Crippen molar-refractivity contribution in [2.24, 2.45) is 0 Å². The standard InChI is InChI=1S/C16H28N4O2.ClH/c21-15(19-16(22)18-12-4-2-1-3-5-12)11-20-9-8-13-6-7-14(10-20)17-13;/h12-14,17H,1-11H2,(H2,18,19,21,22);1H. The predicted molar refractivity (Wildman–Crippen MR) is 91.8 cm³/mol. The monoisotopic (exact) mass is 344 g/mol. The quantitative estimate of drug-likeness (QED) is 0.723. The maximum Gasteiger partial charge on any atom is 0.321 e. The van der Waals surface area contributed by atoms with Crippen LogP contribution in [0.15, 0.2) is 0 Å². The van der Waals surface area contributed by atoms with Gasteiger partial charge >= 0.3 is 6.03 Å². The van der Waals surface area contributed by atoms with Gasteiger partial charge in [-0.25, -0.2) is 4.79 Å².